The zero-order valence-electron chi connectivity index (χ0n) is 12.6. The maximum atomic E-state index is 12.3. The number of aromatic hydroxyl groups is 1. The highest BCUT2D eigenvalue weighted by Crippen LogP contribution is 2.48. The van der Waals surface area contributed by atoms with E-state index >= 15 is 0 Å². The highest BCUT2D eigenvalue weighted by atomic mass is 35.5. The molecule has 3 unspecified atom stereocenters. The Morgan fingerprint density at radius 2 is 1.96 bits per heavy atom. The minimum Gasteiger partial charge on any atom is -0.508 e. The average molecular weight is 329 g/mol. The van der Waals surface area contributed by atoms with Gasteiger partial charge in [-0.25, -0.2) is 0 Å². The fraction of sp³-hybridized carbons (Fsp3) is 0.278. The Morgan fingerprint density at radius 3 is 2.74 bits per heavy atom. The van der Waals surface area contributed by atoms with Gasteiger partial charge in [-0.3, -0.25) is 4.79 Å². The molecule has 2 aromatic rings. The number of phenolic OH excluding ortho intramolecular Hbond substituents is 1. The third-order valence-corrected chi connectivity index (χ3v) is 5.08. The van der Waals surface area contributed by atoms with E-state index in [1.54, 1.807) is 18.2 Å². The third kappa shape index (κ3) is 2.17. The topological polar surface area (TPSA) is 61.4 Å². The Hall–Kier alpha value is -2.20. The van der Waals surface area contributed by atoms with Crippen molar-refractivity contribution in [1.29, 1.82) is 0 Å². The summed E-state index contributed by atoms with van der Waals surface area (Å²) in [5, 5.41) is 17.1. The third-order valence-electron chi connectivity index (χ3n) is 4.85. The predicted molar refractivity (Wildman–Crippen MR) is 90.2 cm³/mol. The number of rotatable bonds is 2. The van der Waals surface area contributed by atoms with Crippen molar-refractivity contribution in [2.75, 3.05) is 5.32 Å². The van der Waals surface area contributed by atoms with E-state index in [0.717, 1.165) is 23.2 Å². The second kappa shape index (κ2) is 5.17. The number of hydrogen-bond acceptors (Lipinski definition) is 3. The Labute approximate surface area is 139 Å². The minimum absolute atomic E-state index is 0.0840. The molecule has 118 valence electrons. The van der Waals surface area contributed by atoms with Crippen molar-refractivity contribution in [3.63, 3.8) is 0 Å². The number of carbonyl (C=O) groups is 1. The van der Waals surface area contributed by atoms with Gasteiger partial charge in [0.2, 0.25) is 0 Å². The van der Waals surface area contributed by atoms with Crippen LogP contribution in [0.15, 0.2) is 36.4 Å². The molecular formula is C18H17ClN2O2. The van der Waals surface area contributed by atoms with Gasteiger partial charge in [-0.2, -0.15) is 0 Å². The quantitative estimate of drug-likeness (QED) is 0.785. The Balaban J connectivity index is 1.84. The Morgan fingerprint density at radius 1 is 1.13 bits per heavy atom. The lowest BCUT2D eigenvalue weighted by Crippen LogP contribution is -2.31. The maximum Gasteiger partial charge on any atom is 0.252 e. The van der Waals surface area contributed by atoms with E-state index in [0.29, 0.717) is 10.6 Å². The summed E-state index contributed by atoms with van der Waals surface area (Å²) in [4.78, 5) is 12.3. The van der Waals surface area contributed by atoms with Crippen LogP contribution >= 0.6 is 11.6 Å². The first-order chi connectivity index (χ1) is 11.1. The summed E-state index contributed by atoms with van der Waals surface area (Å²) in [6, 6.07) is 10.8. The van der Waals surface area contributed by atoms with Crippen molar-refractivity contribution in [3.05, 3.63) is 58.1 Å². The largest absolute Gasteiger partial charge is 0.508 e. The number of anilines is 1. The molecule has 2 aliphatic heterocycles. The van der Waals surface area contributed by atoms with Crippen LogP contribution in [0.4, 0.5) is 5.69 Å². The van der Waals surface area contributed by atoms with Gasteiger partial charge in [-0.05, 0) is 53.9 Å². The van der Waals surface area contributed by atoms with Crippen molar-refractivity contribution in [1.82, 2.24) is 5.32 Å². The molecule has 0 aromatic heterocycles. The standard InChI is InChI=1S/C18H17ClN2O2/c1-2-14-16(13-7-9(19)3-6-15(13)20-14)17-12-8-10(22)4-5-11(12)18(23)21-17/h3-8,14,16-17,20,22H,2H2,1H3,(H,21,23). The molecule has 0 saturated heterocycles. The summed E-state index contributed by atoms with van der Waals surface area (Å²) >= 11 is 6.19. The van der Waals surface area contributed by atoms with E-state index in [-0.39, 0.29) is 29.7 Å². The molecule has 4 nitrogen and oxygen atoms in total. The maximum absolute atomic E-state index is 12.3. The lowest BCUT2D eigenvalue weighted by Gasteiger charge is -2.26. The van der Waals surface area contributed by atoms with E-state index in [2.05, 4.69) is 17.6 Å². The first-order valence-corrected chi connectivity index (χ1v) is 8.16. The van der Waals surface area contributed by atoms with Crippen molar-refractivity contribution < 1.29 is 9.90 Å². The van der Waals surface area contributed by atoms with Crippen LogP contribution in [0.3, 0.4) is 0 Å². The average Bonchev–Trinajstić information content (AvgIpc) is 3.04. The fourth-order valence-corrected chi connectivity index (χ4v) is 3.99. The molecule has 0 fully saturated rings. The molecule has 4 rings (SSSR count). The second-order valence-electron chi connectivity index (χ2n) is 6.14. The number of amides is 1. The molecule has 0 aliphatic carbocycles. The van der Waals surface area contributed by atoms with E-state index in [1.165, 1.54) is 0 Å². The van der Waals surface area contributed by atoms with Crippen molar-refractivity contribution in [3.8, 4) is 5.75 Å². The van der Waals surface area contributed by atoms with Gasteiger partial charge < -0.3 is 15.7 Å². The minimum atomic E-state index is -0.165. The molecule has 0 saturated carbocycles. The van der Waals surface area contributed by atoms with Gasteiger partial charge in [0.1, 0.15) is 5.75 Å². The summed E-state index contributed by atoms with van der Waals surface area (Å²) < 4.78 is 0. The summed E-state index contributed by atoms with van der Waals surface area (Å²) in [6.45, 7) is 2.12. The van der Waals surface area contributed by atoms with Crippen LogP contribution in [0, 0.1) is 0 Å². The summed E-state index contributed by atoms with van der Waals surface area (Å²) in [5.41, 5.74) is 3.67. The van der Waals surface area contributed by atoms with Gasteiger partial charge in [0.05, 0.1) is 6.04 Å². The molecule has 1 amide bonds. The first-order valence-electron chi connectivity index (χ1n) is 7.78. The highest BCUT2D eigenvalue weighted by molar-refractivity contribution is 6.30. The van der Waals surface area contributed by atoms with Gasteiger partial charge in [-0.15, -0.1) is 0 Å². The normalized spacial score (nSPS) is 24.8. The molecule has 3 N–H and O–H groups in total. The molecule has 3 atom stereocenters. The number of carbonyl (C=O) groups excluding carboxylic acids is 1. The molecule has 2 aromatic carbocycles. The van der Waals surface area contributed by atoms with Crippen molar-refractivity contribution in [2.24, 2.45) is 0 Å². The molecule has 23 heavy (non-hydrogen) atoms. The smallest absolute Gasteiger partial charge is 0.252 e. The monoisotopic (exact) mass is 328 g/mol. The van der Waals surface area contributed by atoms with E-state index in [1.807, 2.05) is 18.2 Å². The van der Waals surface area contributed by atoms with E-state index in [4.69, 9.17) is 11.6 Å². The van der Waals surface area contributed by atoms with Crippen molar-refractivity contribution >= 4 is 23.2 Å². The number of halogens is 1. The fourth-order valence-electron chi connectivity index (χ4n) is 3.81. The van der Waals surface area contributed by atoms with Gasteiger partial charge in [0, 0.05) is 28.2 Å². The van der Waals surface area contributed by atoms with Gasteiger partial charge in [-0.1, -0.05) is 18.5 Å². The van der Waals surface area contributed by atoms with Crippen LogP contribution in [0.1, 0.15) is 46.8 Å². The first kappa shape index (κ1) is 14.4. The number of phenols is 1. The van der Waals surface area contributed by atoms with E-state index < -0.39 is 0 Å². The number of benzene rings is 2. The van der Waals surface area contributed by atoms with Gasteiger partial charge in [0.15, 0.2) is 0 Å². The summed E-state index contributed by atoms with van der Waals surface area (Å²) in [7, 11) is 0. The zero-order valence-corrected chi connectivity index (χ0v) is 13.4. The predicted octanol–water partition coefficient (Wildman–Crippen LogP) is 3.82. The Kier molecular flexibility index (Phi) is 3.23. The number of hydrogen-bond donors (Lipinski definition) is 3. The van der Waals surface area contributed by atoms with Crippen LogP contribution in [0.5, 0.6) is 5.75 Å². The van der Waals surface area contributed by atoms with Crippen LogP contribution in [-0.2, 0) is 0 Å². The summed E-state index contributed by atoms with van der Waals surface area (Å²) in [6.07, 6.45) is 0.928. The van der Waals surface area contributed by atoms with Crippen LogP contribution in [-0.4, -0.2) is 17.1 Å². The van der Waals surface area contributed by atoms with Gasteiger partial charge in [0.25, 0.3) is 5.91 Å². The second-order valence-corrected chi connectivity index (χ2v) is 6.58. The Bertz CT molecular complexity index is 806. The van der Waals surface area contributed by atoms with Crippen LogP contribution in [0.25, 0.3) is 0 Å². The summed E-state index contributed by atoms with van der Waals surface area (Å²) in [5.74, 6) is 0.173. The molecular weight excluding hydrogens is 312 g/mol. The molecule has 0 radical (unpaired) electrons. The molecule has 0 bridgehead atoms. The van der Waals surface area contributed by atoms with Crippen molar-refractivity contribution in [2.45, 2.75) is 31.3 Å². The molecule has 2 heterocycles. The van der Waals surface area contributed by atoms with Crippen LogP contribution < -0.4 is 10.6 Å². The zero-order chi connectivity index (χ0) is 16.1. The number of nitrogens with one attached hydrogen (secondary N) is 2. The lowest BCUT2D eigenvalue weighted by atomic mass is 9.83. The SMILES string of the molecule is CCC1Nc2ccc(Cl)cc2C1C1NC(=O)c2ccc(O)cc21. The molecule has 0 spiro atoms. The highest BCUT2D eigenvalue weighted by Gasteiger charge is 2.42. The van der Waals surface area contributed by atoms with E-state index in [9.17, 15) is 9.90 Å². The number of fused-ring (bicyclic) bond motifs is 2. The van der Waals surface area contributed by atoms with Crippen LogP contribution in [0.2, 0.25) is 5.02 Å². The van der Waals surface area contributed by atoms with Gasteiger partial charge >= 0.3 is 0 Å². The lowest BCUT2D eigenvalue weighted by molar-refractivity contribution is 0.0951. The molecule has 2 aliphatic rings. The molecule has 5 heteroatoms.